The third-order valence-corrected chi connectivity index (χ3v) is 5.61. The Bertz CT molecular complexity index is 456. The van der Waals surface area contributed by atoms with E-state index in [0.29, 0.717) is 10.4 Å². The summed E-state index contributed by atoms with van der Waals surface area (Å²) in [6.45, 7) is 5.05. The third kappa shape index (κ3) is 4.47. The van der Waals surface area contributed by atoms with Crippen molar-refractivity contribution in [2.24, 2.45) is 0 Å². The van der Waals surface area contributed by atoms with Gasteiger partial charge in [-0.05, 0) is 45.1 Å². The lowest BCUT2D eigenvalue weighted by atomic mass is 9.88. The largest absolute Gasteiger partial charge is 0.489 e. The zero-order valence-electron chi connectivity index (χ0n) is 13.4. The second-order valence-electron chi connectivity index (χ2n) is 6.22. The molecule has 1 aromatic carbocycles. The van der Waals surface area contributed by atoms with Crippen LogP contribution in [0.2, 0.25) is 0 Å². The number of thioether (sulfide) groups is 1. The minimum Gasteiger partial charge on any atom is -0.489 e. The van der Waals surface area contributed by atoms with Gasteiger partial charge < -0.3 is 15.8 Å². The molecule has 0 bridgehead atoms. The van der Waals surface area contributed by atoms with Crippen LogP contribution in [0.4, 0.5) is 11.4 Å². The van der Waals surface area contributed by atoms with Gasteiger partial charge in [0.25, 0.3) is 0 Å². The second-order valence-corrected chi connectivity index (χ2v) is 7.49. The molecule has 4 heteroatoms. The van der Waals surface area contributed by atoms with Crippen LogP contribution in [0.3, 0.4) is 0 Å². The van der Waals surface area contributed by atoms with Gasteiger partial charge >= 0.3 is 0 Å². The summed E-state index contributed by atoms with van der Waals surface area (Å²) < 4.78 is 6.15. The molecule has 0 aromatic heterocycles. The topological polar surface area (TPSA) is 47.3 Å². The summed E-state index contributed by atoms with van der Waals surface area (Å²) in [4.78, 5) is 0. The molecular weight excluding hydrogens is 280 g/mol. The number of nitrogens with two attached hydrogens (primary N) is 1. The fourth-order valence-corrected chi connectivity index (χ4v) is 3.83. The van der Waals surface area contributed by atoms with E-state index in [1.54, 1.807) is 0 Å². The Labute approximate surface area is 133 Å². The lowest BCUT2D eigenvalue weighted by Crippen LogP contribution is -2.35. The molecule has 0 unspecified atom stereocenters. The van der Waals surface area contributed by atoms with E-state index >= 15 is 0 Å². The Hall–Kier alpha value is -1.03. The number of nitrogens with one attached hydrogen (secondary N) is 1. The quantitative estimate of drug-likeness (QED) is 0.758. The van der Waals surface area contributed by atoms with Crippen molar-refractivity contribution in [1.29, 1.82) is 0 Å². The Morgan fingerprint density at radius 3 is 2.62 bits per heavy atom. The smallest absolute Gasteiger partial charge is 0.144 e. The molecule has 0 saturated heterocycles. The molecule has 0 atom stereocenters. The van der Waals surface area contributed by atoms with Crippen LogP contribution in [0.5, 0.6) is 5.75 Å². The van der Waals surface area contributed by atoms with E-state index in [-0.39, 0.29) is 6.10 Å². The number of hydrogen-bond acceptors (Lipinski definition) is 4. The standard InChI is InChI=1S/C17H28N2OS/c1-13(2)20-16-11-14(7-8-15(16)18)19-12-17(21-3)9-5-4-6-10-17/h7-8,11,13,19H,4-6,9-10,12,18H2,1-3H3. The molecule has 3 nitrogen and oxygen atoms in total. The second kappa shape index (κ2) is 7.30. The van der Waals surface area contributed by atoms with Crippen LogP contribution < -0.4 is 15.8 Å². The zero-order valence-corrected chi connectivity index (χ0v) is 14.3. The predicted octanol–water partition coefficient (Wildman–Crippen LogP) is 4.53. The lowest BCUT2D eigenvalue weighted by Gasteiger charge is -2.36. The Kier molecular flexibility index (Phi) is 5.68. The van der Waals surface area contributed by atoms with Gasteiger partial charge in [-0.25, -0.2) is 0 Å². The average molecular weight is 308 g/mol. The number of hydrogen-bond donors (Lipinski definition) is 2. The van der Waals surface area contributed by atoms with Gasteiger partial charge in [-0.15, -0.1) is 0 Å². The summed E-state index contributed by atoms with van der Waals surface area (Å²) in [5.74, 6) is 0.775. The van der Waals surface area contributed by atoms with E-state index in [1.165, 1.54) is 32.1 Å². The number of nitrogen functional groups attached to an aromatic ring is 1. The first-order chi connectivity index (χ1) is 10.0. The van der Waals surface area contributed by atoms with Gasteiger partial charge in [-0.1, -0.05) is 19.3 Å². The molecular formula is C17H28N2OS. The minimum atomic E-state index is 0.137. The number of benzene rings is 1. The highest BCUT2D eigenvalue weighted by molar-refractivity contribution is 8.00. The van der Waals surface area contributed by atoms with E-state index < -0.39 is 0 Å². The van der Waals surface area contributed by atoms with Gasteiger partial charge in [0.05, 0.1) is 11.8 Å². The highest BCUT2D eigenvalue weighted by Crippen LogP contribution is 2.39. The van der Waals surface area contributed by atoms with Gasteiger partial charge in [0.1, 0.15) is 5.75 Å². The van der Waals surface area contributed by atoms with Crippen molar-refractivity contribution in [2.45, 2.75) is 56.8 Å². The first-order valence-electron chi connectivity index (χ1n) is 7.90. The van der Waals surface area contributed by atoms with Gasteiger partial charge in [0, 0.05) is 23.0 Å². The van der Waals surface area contributed by atoms with Crippen molar-refractivity contribution in [2.75, 3.05) is 23.9 Å². The molecule has 21 heavy (non-hydrogen) atoms. The summed E-state index contributed by atoms with van der Waals surface area (Å²) in [5.41, 5.74) is 7.77. The molecule has 118 valence electrons. The maximum absolute atomic E-state index is 5.97. The lowest BCUT2D eigenvalue weighted by molar-refractivity contribution is 0.244. The van der Waals surface area contributed by atoms with E-state index in [0.717, 1.165) is 18.0 Å². The molecule has 1 aliphatic rings. The van der Waals surface area contributed by atoms with Crippen molar-refractivity contribution < 1.29 is 4.74 Å². The van der Waals surface area contributed by atoms with Crippen molar-refractivity contribution in [1.82, 2.24) is 0 Å². The number of anilines is 2. The normalized spacial score (nSPS) is 17.7. The summed E-state index contributed by atoms with van der Waals surface area (Å²) in [5, 5.41) is 3.59. The molecule has 1 fully saturated rings. The van der Waals surface area contributed by atoms with E-state index in [9.17, 15) is 0 Å². The average Bonchev–Trinajstić information content (AvgIpc) is 2.48. The van der Waals surface area contributed by atoms with E-state index in [4.69, 9.17) is 10.5 Å². The minimum absolute atomic E-state index is 0.137. The molecule has 1 aromatic rings. The molecule has 0 amide bonds. The van der Waals surface area contributed by atoms with Crippen LogP contribution >= 0.6 is 11.8 Å². The highest BCUT2D eigenvalue weighted by atomic mass is 32.2. The third-order valence-electron chi connectivity index (χ3n) is 4.19. The summed E-state index contributed by atoms with van der Waals surface area (Å²) in [6, 6.07) is 5.98. The molecule has 0 aliphatic heterocycles. The number of rotatable bonds is 6. The van der Waals surface area contributed by atoms with Crippen molar-refractivity contribution in [3.63, 3.8) is 0 Å². The van der Waals surface area contributed by atoms with Crippen LogP contribution in [0.25, 0.3) is 0 Å². The predicted molar refractivity (Wildman–Crippen MR) is 94.4 cm³/mol. The molecule has 1 aliphatic carbocycles. The maximum Gasteiger partial charge on any atom is 0.144 e. The van der Waals surface area contributed by atoms with Crippen LogP contribution in [0.15, 0.2) is 18.2 Å². The van der Waals surface area contributed by atoms with Crippen LogP contribution in [-0.4, -0.2) is 23.7 Å². The zero-order chi connectivity index (χ0) is 15.3. The SMILES string of the molecule is CSC1(CNc2ccc(N)c(OC(C)C)c2)CCCCC1. The fourth-order valence-electron chi connectivity index (χ4n) is 2.91. The van der Waals surface area contributed by atoms with Crippen LogP contribution in [0, 0.1) is 0 Å². The van der Waals surface area contributed by atoms with Gasteiger partial charge in [-0.3, -0.25) is 0 Å². The first-order valence-corrected chi connectivity index (χ1v) is 9.12. The van der Waals surface area contributed by atoms with Crippen molar-refractivity contribution >= 4 is 23.1 Å². The molecule has 2 rings (SSSR count). The van der Waals surface area contributed by atoms with E-state index in [1.807, 2.05) is 43.8 Å². The van der Waals surface area contributed by atoms with E-state index in [2.05, 4.69) is 11.6 Å². The fraction of sp³-hybridized carbons (Fsp3) is 0.647. The molecule has 0 radical (unpaired) electrons. The molecule has 0 spiro atoms. The maximum atomic E-state index is 5.97. The monoisotopic (exact) mass is 308 g/mol. The Morgan fingerprint density at radius 1 is 1.29 bits per heavy atom. The van der Waals surface area contributed by atoms with Crippen molar-refractivity contribution in [3.05, 3.63) is 18.2 Å². The molecule has 3 N–H and O–H groups in total. The Balaban J connectivity index is 2.02. The van der Waals surface area contributed by atoms with Gasteiger partial charge in [0.2, 0.25) is 0 Å². The van der Waals surface area contributed by atoms with Crippen molar-refractivity contribution in [3.8, 4) is 5.75 Å². The summed E-state index contributed by atoms with van der Waals surface area (Å²) >= 11 is 2.01. The van der Waals surface area contributed by atoms with Crippen LogP contribution in [0.1, 0.15) is 46.0 Å². The van der Waals surface area contributed by atoms with Gasteiger partial charge in [0.15, 0.2) is 0 Å². The Morgan fingerprint density at radius 2 is 2.00 bits per heavy atom. The van der Waals surface area contributed by atoms with Crippen LogP contribution in [-0.2, 0) is 0 Å². The highest BCUT2D eigenvalue weighted by Gasteiger charge is 2.30. The van der Waals surface area contributed by atoms with Gasteiger partial charge in [-0.2, -0.15) is 11.8 Å². The summed E-state index contributed by atoms with van der Waals surface area (Å²) in [7, 11) is 0. The number of ether oxygens (including phenoxy) is 1. The molecule has 1 saturated carbocycles. The first kappa shape index (κ1) is 16.3. The molecule has 0 heterocycles. The summed E-state index contributed by atoms with van der Waals surface area (Å²) in [6.07, 6.45) is 9.09.